The van der Waals surface area contributed by atoms with Gasteiger partial charge in [0, 0.05) is 18.2 Å². The van der Waals surface area contributed by atoms with Crippen LogP contribution in [0.4, 0.5) is 13.2 Å². The number of rotatable bonds is 5. The van der Waals surface area contributed by atoms with Crippen LogP contribution in [0.25, 0.3) is 0 Å². The number of allylic oxidation sites excluding steroid dienone is 1. The van der Waals surface area contributed by atoms with Crippen LogP contribution in [0, 0.1) is 17.5 Å². The Hall–Kier alpha value is -3.09. The molecule has 0 spiro atoms. The van der Waals surface area contributed by atoms with Crippen molar-refractivity contribution in [3.8, 4) is 11.5 Å². The Morgan fingerprint density at radius 2 is 1.56 bits per heavy atom. The van der Waals surface area contributed by atoms with E-state index in [9.17, 15) is 22.8 Å². The zero-order chi connectivity index (χ0) is 18.4. The van der Waals surface area contributed by atoms with E-state index in [4.69, 9.17) is 9.47 Å². The smallest absolute Gasteiger partial charge is 0.343 e. The predicted molar refractivity (Wildman–Crippen MR) is 82.8 cm³/mol. The van der Waals surface area contributed by atoms with Crippen molar-refractivity contribution in [2.24, 2.45) is 0 Å². The first kappa shape index (κ1) is 18.3. The molecule has 0 saturated heterocycles. The molecule has 0 saturated carbocycles. The highest BCUT2D eigenvalue weighted by atomic mass is 19.2. The van der Waals surface area contributed by atoms with Crippen LogP contribution in [0.1, 0.15) is 23.7 Å². The lowest BCUT2D eigenvalue weighted by molar-refractivity contribution is -0.129. The highest BCUT2D eigenvalue weighted by Gasteiger charge is 2.15. The first-order valence-corrected chi connectivity index (χ1v) is 7.26. The fourth-order valence-corrected chi connectivity index (χ4v) is 1.78. The van der Waals surface area contributed by atoms with Crippen molar-refractivity contribution in [2.75, 3.05) is 0 Å². The third-order valence-electron chi connectivity index (χ3n) is 2.97. The summed E-state index contributed by atoms with van der Waals surface area (Å²) in [6, 6.07) is 6.47. The Kier molecular flexibility index (Phi) is 5.94. The monoisotopic (exact) mass is 350 g/mol. The number of hydrogen-bond donors (Lipinski definition) is 0. The number of esters is 2. The normalized spacial score (nSPS) is 10.7. The second-order valence-corrected chi connectivity index (χ2v) is 4.85. The van der Waals surface area contributed by atoms with Gasteiger partial charge in [-0.05, 0) is 30.7 Å². The molecule has 0 unspecified atom stereocenters. The maximum absolute atomic E-state index is 13.1. The summed E-state index contributed by atoms with van der Waals surface area (Å²) in [5.74, 6) is -6.31. The third kappa shape index (κ3) is 4.94. The minimum atomic E-state index is -1.65. The third-order valence-corrected chi connectivity index (χ3v) is 2.97. The number of ether oxygens (including phenoxy) is 2. The van der Waals surface area contributed by atoms with Crippen LogP contribution in [0.5, 0.6) is 11.5 Å². The zero-order valence-electron chi connectivity index (χ0n) is 13.1. The first-order valence-electron chi connectivity index (χ1n) is 7.26. The molecule has 130 valence electrons. The molecule has 2 rings (SSSR count). The molecule has 4 nitrogen and oxygen atoms in total. The van der Waals surface area contributed by atoms with Gasteiger partial charge in [-0.15, -0.1) is 0 Å². The van der Waals surface area contributed by atoms with Gasteiger partial charge >= 0.3 is 11.9 Å². The minimum absolute atomic E-state index is 0.0500. The van der Waals surface area contributed by atoms with Crippen molar-refractivity contribution in [3.63, 3.8) is 0 Å². The largest absolute Gasteiger partial charge is 0.423 e. The predicted octanol–water partition coefficient (Wildman–Crippen LogP) is 4.19. The lowest BCUT2D eigenvalue weighted by Gasteiger charge is -2.06. The topological polar surface area (TPSA) is 52.6 Å². The van der Waals surface area contributed by atoms with E-state index in [1.54, 1.807) is 6.08 Å². The quantitative estimate of drug-likeness (QED) is 0.351. The van der Waals surface area contributed by atoms with E-state index in [0.717, 1.165) is 0 Å². The van der Waals surface area contributed by atoms with Crippen molar-refractivity contribution < 1.29 is 32.2 Å². The molecule has 0 atom stereocenters. The Balaban J connectivity index is 2.05. The maximum atomic E-state index is 13.1. The summed E-state index contributed by atoms with van der Waals surface area (Å²) >= 11 is 0. The fourth-order valence-electron chi connectivity index (χ4n) is 1.78. The number of benzene rings is 2. The van der Waals surface area contributed by atoms with Gasteiger partial charge in [0.2, 0.25) is 0 Å². The van der Waals surface area contributed by atoms with Crippen molar-refractivity contribution in [1.29, 1.82) is 0 Å². The van der Waals surface area contributed by atoms with E-state index >= 15 is 0 Å². The first-order chi connectivity index (χ1) is 11.9. The molecule has 2 aromatic carbocycles. The van der Waals surface area contributed by atoms with Crippen LogP contribution < -0.4 is 9.47 Å². The van der Waals surface area contributed by atoms with Gasteiger partial charge in [-0.2, -0.15) is 0 Å². The Morgan fingerprint density at radius 1 is 0.960 bits per heavy atom. The van der Waals surface area contributed by atoms with E-state index in [1.807, 2.05) is 6.92 Å². The molecule has 0 bridgehead atoms. The van der Waals surface area contributed by atoms with E-state index in [2.05, 4.69) is 0 Å². The highest BCUT2D eigenvalue weighted by molar-refractivity contribution is 5.91. The van der Waals surface area contributed by atoms with E-state index < -0.39 is 35.1 Å². The molecule has 0 radical (unpaired) electrons. The molecule has 0 aliphatic carbocycles. The van der Waals surface area contributed by atoms with Gasteiger partial charge in [0.25, 0.3) is 0 Å². The summed E-state index contributed by atoms with van der Waals surface area (Å²) < 4.78 is 48.8. The van der Waals surface area contributed by atoms with Gasteiger partial charge in [-0.1, -0.05) is 13.0 Å². The number of carbonyl (C=O) groups is 2. The lowest BCUT2D eigenvalue weighted by Crippen LogP contribution is -2.10. The summed E-state index contributed by atoms with van der Waals surface area (Å²) in [6.45, 7) is 1.86. The van der Waals surface area contributed by atoms with Gasteiger partial charge in [0.05, 0.1) is 5.56 Å². The van der Waals surface area contributed by atoms with Gasteiger partial charge in [-0.25, -0.2) is 22.8 Å². The van der Waals surface area contributed by atoms with E-state index in [0.29, 0.717) is 18.6 Å². The highest BCUT2D eigenvalue weighted by Crippen LogP contribution is 2.21. The SMILES string of the molecule is CCC=CC(=O)Oc1ccc(C(=O)Oc2cc(F)c(F)c(F)c2)cc1. The van der Waals surface area contributed by atoms with Crippen LogP contribution in [-0.2, 0) is 4.79 Å². The van der Waals surface area contributed by atoms with Crippen LogP contribution in [0.2, 0.25) is 0 Å². The van der Waals surface area contributed by atoms with Crippen LogP contribution >= 0.6 is 0 Å². The molecule has 0 fully saturated rings. The van der Waals surface area contributed by atoms with Crippen LogP contribution in [-0.4, -0.2) is 11.9 Å². The van der Waals surface area contributed by atoms with Crippen LogP contribution in [0.3, 0.4) is 0 Å². The van der Waals surface area contributed by atoms with Gasteiger partial charge in [0.1, 0.15) is 11.5 Å². The molecule has 25 heavy (non-hydrogen) atoms. The fraction of sp³-hybridized carbons (Fsp3) is 0.111. The van der Waals surface area contributed by atoms with Gasteiger partial charge in [0.15, 0.2) is 17.5 Å². The average molecular weight is 350 g/mol. The molecular weight excluding hydrogens is 337 g/mol. The van der Waals surface area contributed by atoms with Crippen molar-refractivity contribution >= 4 is 11.9 Å². The molecule has 7 heteroatoms. The summed E-state index contributed by atoms with van der Waals surface area (Å²) in [4.78, 5) is 23.3. The van der Waals surface area contributed by atoms with Crippen LogP contribution in [0.15, 0.2) is 48.6 Å². The average Bonchev–Trinajstić information content (AvgIpc) is 2.58. The molecule has 0 aromatic heterocycles. The number of carbonyl (C=O) groups excluding carboxylic acids is 2. The minimum Gasteiger partial charge on any atom is -0.423 e. The molecular formula is C18H13F3O4. The lowest BCUT2D eigenvalue weighted by atomic mass is 10.2. The second-order valence-electron chi connectivity index (χ2n) is 4.85. The Labute approximate surface area is 141 Å². The van der Waals surface area contributed by atoms with Crippen molar-refractivity contribution in [2.45, 2.75) is 13.3 Å². The molecule has 0 N–H and O–H groups in total. The Morgan fingerprint density at radius 3 is 2.12 bits per heavy atom. The zero-order valence-corrected chi connectivity index (χ0v) is 13.1. The van der Waals surface area contributed by atoms with Gasteiger partial charge < -0.3 is 9.47 Å². The molecule has 0 heterocycles. The summed E-state index contributed by atoms with van der Waals surface area (Å²) in [5.41, 5.74) is 0.0500. The Bertz CT molecular complexity index is 791. The van der Waals surface area contributed by atoms with E-state index in [1.165, 1.54) is 30.3 Å². The molecule has 0 amide bonds. The van der Waals surface area contributed by atoms with Crippen molar-refractivity contribution in [3.05, 3.63) is 71.6 Å². The van der Waals surface area contributed by atoms with Crippen molar-refractivity contribution in [1.82, 2.24) is 0 Å². The summed E-state index contributed by atoms with van der Waals surface area (Å²) in [5, 5.41) is 0. The summed E-state index contributed by atoms with van der Waals surface area (Å²) in [7, 11) is 0. The maximum Gasteiger partial charge on any atom is 0.343 e. The van der Waals surface area contributed by atoms with Gasteiger partial charge in [-0.3, -0.25) is 0 Å². The standard InChI is InChI=1S/C18H13F3O4/c1-2-3-4-16(22)24-12-7-5-11(6-8-12)18(23)25-13-9-14(19)17(21)15(20)10-13/h3-10H,2H2,1H3. The molecule has 0 aliphatic heterocycles. The molecule has 0 aliphatic rings. The van der Waals surface area contributed by atoms with E-state index in [-0.39, 0.29) is 11.3 Å². The number of hydrogen-bond acceptors (Lipinski definition) is 4. The second kappa shape index (κ2) is 8.14. The molecule has 2 aromatic rings. The number of halogens is 3. The summed E-state index contributed by atoms with van der Waals surface area (Å²) in [6.07, 6.45) is 3.60.